The van der Waals surface area contributed by atoms with Crippen LogP contribution < -0.4 is 10.4 Å². The van der Waals surface area contributed by atoms with Crippen molar-refractivity contribution in [3.8, 4) is 11.8 Å². The number of carbonyl (C=O) groups excluding carboxylic acids is 1. The fourth-order valence-corrected chi connectivity index (χ4v) is 2.76. The summed E-state index contributed by atoms with van der Waals surface area (Å²) >= 11 is 0. The molecular formula is C21H20NO2-. The van der Waals surface area contributed by atoms with E-state index in [9.17, 15) is 9.90 Å². The summed E-state index contributed by atoms with van der Waals surface area (Å²) < 4.78 is 0. The molecule has 0 unspecified atom stereocenters. The smallest absolute Gasteiger partial charge is 0.0715 e. The molecule has 2 aromatic rings. The van der Waals surface area contributed by atoms with Crippen molar-refractivity contribution < 1.29 is 9.90 Å². The number of carboxylic acids is 1. The van der Waals surface area contributed by atoms with Crippen LogP contribution in [0.5, 0.6) is 0 Å². The molecular weight excluding hydrogens is 298 g/mol. The number of carbonyl (C=O) groups is 1. The van der Waals surface area contributed by atoms with Crippen molar-refractivity contribution in [3.63, 3.8) is 0 Å². The molecule has 122 valence electrons. The van der Waals surface area contributed by atoms with Gasteiger partial charge in [0.25, 0.3) is 0 Å². The molecule has 0 aromatic heterocycles. The largest absolute Gasteiger partial charge is 0.545 e. The molecule has 1 saturated carbocycles. The normalized spacial score (nSPS) is 14.5. The van der Waals surface area contributed by atoms with Crippen molar-refractivity contribution in [2.75, 3.05) is 6.54 Å². The number of carboxylic acid groups (broad SMARTS) is 1. The van der Waals surface area contributed by atoms with Crippen molar-refractivity contribution in [1.29, 1.82) is 0 Å². The average Bonchev–Trinajstić information content (AvgIpc) is 3.40. The Balaban J connectivity index is 1.70. The van der Waals surface area contributed by atoms with E-state index in [1.54, 1.807) is 12.1 Å². The first kappa shape index (κ1) is 16.3. The highest BCUT2D eigenvalue weighted by atomic mass is 16.4. The summed E-state index contributed by atoms with van der Waals surface area (Å²) in [4.78, 5) is 10.7. The molecule has 1 aliphatic rings. The van der Waals surface area contributed by atoms with Crippen molar-refractivity contribution in [3.05, 3.63) is 70.8 Å². The molecule has 0 aliphatic heterocycles. The Kier molecular flexibility index (Phi) is 4.69. The maximum Gasteiger partial charge on any atom is 0.0715 e. The number of rotatable bonds is 5. The van der Waals surface area contributed by atoms with E-state index in [1.807, 2.05) is 12.1 Å². The second-order valence-corrected chi connectivity index (χ2v) is 6.20. The van der Waals surface area contributed by atoms with Crippen LogP contribution in [0, 0.1) is 11.8 Å². The summed E-state index contributed by atoms with van der Waals surface area (Å²) in [6.07, 6.45) is 3.54. The molecule has 1 N–H and O–H groups in total. The third-order valence-corrected chi connectivity index (χ3v) is 4.37. The first-order chi connectivity index (χ1) is 11.6. The van der Waals surface area contributed by atoms with Crippen LogP contribution in [0.15, 0.2) is 48.5 Å². The van der Waals surface area contributed by atoms with Gasteiger partial charge in [0.2, 0.25) is 0 Å². The van der Waals surface area contributed by atoms with Crippen LogP contribution in [0.4, 0.5) is 0 Å². The van der Waals surface area contributed by atoms with Gasteiger partial charge in [0.15, 0.2) is 0 Å². The molecule has 24 heavy (non-hydrogen) atoms. The SMILES string of the molecule is CCCNC1(c2ccc(C#Cc3ccc(C(=O)[O-])cc3)cc2)CC1. The Labute approximate surface area is 142 Å². The number of aromatic carboxylic acids is 1. The van der Waals surface area contributed by atoms with Gasteiger partial charge in [-0.2, -0.15) is 0 Å². The zero-order valence-corrected chi connectivity index (χ0v) is 13.8. The number of nitrogens with one attached hydrogen (secondary N) is 1. The van der Waals surface area contributed by atoms with E-state index in [0.717, 1.165) is 24.1 Å². The molecule has 3 rings (SSSR count). The molecule has 0 bridgehead atoms. The monoisotopic (exact) mass is 318 g/mol. The molecule has 0 heterocycles. The van der Waals surface area contributed by atoms with Crippen molar-refractivity contribution in [1.82, 2.24) is 5.32 Å². The first-order valence-corrected chi connectivity index (χ1v) is 8.32. The first-order valence-electron chi connectivity index (χ1n) is 8.32. The van der Waals surface area contributed by atoms with Gasteiger partial charge in [-0.1, -0.05) is 43.0 Å². The Morgan fingerprint density at radius 3 is 2.04 bits per heavy atom. The standard InChI is InChI=1S/C21H21NO2/c1-2-15-22-21(13-14-21)19-11-7-17(8-12-19)4-3-16-5-9-18(10-6-16)20(23)24/h5-12,22H,2,13-15H2,1H3,(H,23,24)/p-1. The Morgan fingerprint density at radius 2 is 1.58 bits per heavy atom. The molecule has 1 fully saturated rings. The zero-order chi connectivity index (χ0) is 17.0. The van der Waals surface area contributed by atoms with Crippen molar-refractivity contribution >= 4 is 5.97 Å². The zero-order valence-electron chi connectivity index (χ0n) is 13.8. The molecule has 2 aromatic carbocycles. The predicted molar refractivity (Wildman–Crippen MR) is 92.4 cm³/mol. The molecule has 0 saturated heterocycles. The van der Waals surface area contributed by atoms with E-state index < -0.39 is 5.97 Å². The molecule has 3 nitrogen and oxygen atoms in total. The van der Waals surface area contributed by atoms with Crippen LogP contribution in [0.1, 0.15) is 53.2 Å². The number of hydrogen-bond acceptors (Lipinski definition) is 3. The Bertz CT molecular complexity index is 775. The van der Waals surface area contributed by atoms with Gasteiger partial charge < -0.3 is 15.2 Å². The quantitative estimate of drug-likeness (QED) is 0.862. The van der Waals surface area contributed by atoms with E-state index in [-0.39, 0.29) is 11.1 Å². The Morgan fingerprint density at radius 1 is 1.04 bits per heavy atom. The second-order valence-electron chi connectivity index (χ2n) is 6.20. The van der Waals surface area contributed by atoms with E-state index in [2.05, 4.69) is 36.2 Å². The van der Waals surface area contributed by atoms with Gasteiger partial charge >= 0.3 is 0 Å². The van der Waals surface area contributed by atoms with Crippen LogP contribution in [-0.4, -0.2) is 12.5 Å². The topological polar surface area (TPSA) is 52.2 Å². The average molecular weight is 318 g/mol. The van der Waals surface area contributed by atoms with E-state index in [4.69, 9.17) is 0 Å². The van der Waals surface area contributed by atoms with Crippen molar-refractivity contribution in [2.45, 2.75) is 31.7 Å². The van der Waals surface area contributed by atoms with Crippen molar-refractivity contribution in [2.24, 2.45) is 0 Å². The minimum Gasteiger partial charge on any atom is -0.545 e. The summed E-state index contributed by atoms with van der Waals surface area (Å²) in [6.45, 7) is 3.23. The molecule has 1 aliphatic carbocycles. The molecule has 3 heteroatoms. The summed E-state index contributed by atoms with van der Waals surface area (Å²) in [6, 6.07) is 14.8. The maximum atomic E-state index is 10.7. The third kappa shape index (κ3) is 3.67. The lowest BCUT2D eigenvalue weighted by Gasteiger charge is -2.17. The van der Waals surface area contributed by atoms with Gasteiger partial charge in [-0.25, -0.2) is 0 Å². The second kappa shape index (κ2) is 6.90. The Hall–Kier alpha value is -2.57. The van der Waals surface area contributed by atoms with Crippen LogP contribution in [-0.2, 0) is 5.54 Å². The minimum atomic E-state index is -1.17. The highest BCUT2D eigenvalue weighted by molar-refractivity contribution is 5.85. The lowest BCUT2D eigenvalue weighted by Crippen LogP contribution is -2.29. The summed E-state index contributed by atoms with van der Waals surface area (Å²) in [5, 5.41) is 14.4. The van der Waals surface area contributed by atoms with E-state index in [0.29, 0.717) is 0 Å². The van der Waals surface area contributed by atoms with Gasteiger partial charge in [0.05, 0.1) is 5.97 Å². The summed E-state index contributed by atoms with van der Waals surface area (Å²) in [7, 11) is 0. The van der Waals surface area contributed by atoms with E-state index >= 15 is 0 Å². The lowest BCUT2D eigenvalue weighted by atomic mass is 10.0. The molecule has 0 amide bonds. The van der Waals surface area contributed by atoms with Gasteiger partial charge in [-0.05, 0) is 61.2 Å². The summed E-state index contributed by atoms with van der Waals surface area (Å²) in [5.41, 5.74) is 3.42. The summed E-state index contributed by atoms with van der Waals surface area (Å²) in [5.74, 6) is 5.00. The highest BCUT2D eigenvalue weighted by Gasteiger charge is 2.43. The van der Waals surface area contributed by atoms with Crippen LogP contribution in [0.25, 0.3) is 0 Å². The van der Waals surface area contributed by atoms with Crippen LogP contribution in [0.2, 0.25) is 0 Å². The molecule has 0 radical (unpaired) electrons. The molecule has 0 atom stereocenters. The van der Waals surface area contributed by atoms with E-state index in [1.165, 1.54) is 30.5 Å². The molecule has 0 spiro atoms. The maximum absolute atomic E-state index is 10.7. The lowest BCUT2D eigenvalue weighted by molar-refractivity contribution is -0.255. The van der Waals surface area contributed by atoms with Gasteiger partial charge in [0.1, 0.15) is 0 Å². The predicted octanol–water partition coefficient (Wildman–Crippen LogP) is 2.44. The minimum absolute atomic E-state index is 0.166. The van der Waals surface area contributed by atoms with Crippen LogP contribution in [0.3, 0.4) is 0 Å². The van der Waals surface area contributed by atoms with Crippen LogP contribution >= 0.6 is 0 Å². The fraction of sp³-hybridized carbons (Fsp3) is 0.286. The van der Waals surface area contributed by atoms with Gasteiger partial charge in [-0.3, -0.25) is 0 Å². The fourth-order valence-electron chi connectivity index (χ4n) is 2.76. The highest BCUT2D eigenvalue weighted by Crippen LogP contribution is 2.45. The number of hydrogen-bond donors (Lipinski definition) is 1. The van der Waals surface area contributed by atoms with Gasteiger partial charge in [-0.15, -0.1) is 0 Å². The number of benzene rings is 2. The third-order valence-electron chi connectivity index (χ3n) is 4.37. The van der Waals surface area contributed by atoms with Gasteiger partial charge in [0, 0.05) is 16.7 Å².